The first kappa shape index (κ1) is 11.4. The highest BCUT2D eigenvalue weighted by Gasteiger charge is 2.46. The molecule has 16 heavy (non-hydrogen) atoms. The van der Waals surface area contributed by atoms with E-state index in [0.717, 1.165) is 0 Å². The van der Waals surface area contributed by atoms with Crippen molar-refractivity contribution in [3.63, 3.8) is 0 Å². The Kier molecular flexibility index (Phi) is 3.14. The molecule has 0 aromatic heterocycles. The van der Waals surface area contributed by atoms with Gasteiger partial charge in [0.2, 0.25) is 0 Å². The summed E-state index contributed by atoms with van der Waals surface area (Å²) in [5, 5.41) is 0. The third-order valence-electron chi connectivity index (χ3n) is 3.31. The number of ketones is 1. The summed E-state index contributed by atoms with van der Waals surface area (Å²) in [5.74, 6) is 0.191. The van der Waals surface area contributed by atoms with Crippen LogP contribution in [0.2, 0.25) is 0 Å². The van der Waals surface area contributed by atoms with E-state index >= 15 is 0 Å². The number of piperidine rings is 1. The molecule has 1 amide bonds. The zero-order valence-corrected chi connectivity index (χ0v) is 9.53. The van der Waals surface area contributed by atoms with Crippen molar-refractivity contribution in [2.45, 2.75) is 31.8 Å². The second-order valence-corrected chi connectivity index (χ2v) is 4.20. The number of nitrogens with zero attached hydrogens (tertiary/aromatic N) is 1. The molecular formula is C11H17NO4. The minimum Gasteiger partial charge on any atom is -0.450 e. The summed E-state index contributed by atoms with van der Waals surface area (Å²) in [6.07, 6.45) is 1.43. The number of carbonyl (C=O) groups excluding carboxylic acids is 2. The number of carbonyl (C=O) groups is 2. The molecule has 0 saturated carbocycles. The van der Waals surface area contributed by atoms with Crippen molar-refractivity contribution < 1.29 is 19.1 Å². The van der Waals surface area contributed by atoms with Gasteiger partial charge in [-0.2, -0.15) is 0 Å². The lowest BCUT2D eigenvalue weighted by Gasteiger charge is -2.36. The number of amides is 1. The summed E-state index contributed by atoms with van der Waals surface area (Å²) in [4.78, 5) is 24.8. The SMILES string of the molecule is CCOC(=O)N1CCC2(CC1)OCCC2=O. The Morgan fingerprint density at radius 2 is 2.19 bits per heavy atom. The van der Waals surface area contributed by atoms with E-state index in [1.165, 1.54) is 0 Å². The van der Waals surface area contributed by atoms with Gasteiger partial charge in [0.1, 0.15) is 5.60 Å². The van der Waals surface area contributed by atoms with Crippen LogP contribution in [-0.4, -0.2) is 48.7 Å². The number of hydrogen-bond donors (Lipinski definition) is 0. The van der Waals surface area contributed by atoms with Crippen molar-refractivity contribution in [1.29, 1.82) is 0 Å². The smallest absolute Gasteiger partial charge is 0.409 e. The zero-order valence-electron chi connectivity index (χ0n) is 9.53. The lowest BCUT2D eigenvalue weighted by molar-refractivity contribution is -0.136. The van der Waals surface area contributed by atoms with Crippen LogP contribution in [0.4, 0.5) is 4.79 Å². The Hall–Kier alpha value is -1.10. The molecule has 0 aromatic rings. The van der Waals surface area contributed by atoms with Crippen molar-refractivity contribution in [1.82, 2.24) is 4.90 Å². The van der Waals surface area contributed by atoms with Crippen LogP contribution in [0, 0.1) is 0 Å². The first-order chi connectivity index (χ1) is 7.68. The number of hydrogen-bond acceptors (Lipinski definition) is 4. The largest absolute Gasteiger partial charge is 0.450 e. The van der Waals surface area contributed by atoms with Gasteiger partial charge in [0.25, 0.3) is 0 Å². The fourth-order valence-corrected chi connectivity index (χ4v) is 2.34. The third kappa shape index (κ3) is 1.91. The average Bonchev–Trinajstić information content (AvgIpc) is 2.62. The molecule has 0 unspecified atom stereocenters. The number of ether oxygens (including phenoxy) is 2. The molecule has 2 rings (SSSR count). The molecule has 5 heteroatoms. The molecule has 5 nitrogen and oxygen atoms in total. The van der Waals surface area contributed by atoms with Gasteiger partial charge >= 0.3 is 6.09 Å². The molecule has 1 spiro atoms. The molecule has 2 fully saturated rings. The predicted octanol–water partition coefficient (Wildman–Crippen LogP) is 0.967. The van der Waals surface area contributed by atoms with Gasteiger partial charge in [0.15, 0.2) is 5.78 Å². The fourth-order valence-electron chi connectivity index (χ4n) is 2.34. The maximum Gasteiger partial charge on any atom is 0.409 e. The quantitative estimate of drug-likeness (QED) is 0.669. The van der Waals surface area contributed by atoms with E-state index < -0.39 is 5.60 Å². The van der Waals surface area contributed by atoms with Crippen LogP contribution in [0.15, 0.2) is 0 Å². The minimum absolute atomic E-state index is 0.191. The second kappa shape index (κ2) is 4.41. The summed E-state index contributed by atoms with van der Waals surface area (Å²) in [7, 11) is 0. The predicted molar refractivity (Wildman–Crippen MR) is 56.1 cm³/mol. The summed E-state index contributed by atoms with van der Waals surface area (Å²) in [6, 6.07) is 0. The lowest BCUT2D eigenvalue weighted by Crippen LogP contribution is -2.49. The van der Waals surface area contributed by atoms with Gasteiger partial charge in [-0.25, -0.2) is 4.79 Å². The first-order valence-electron chi connectivity index (χ1n) is 5.77. The van der Waals surface area contributed by atoms with Gasteiger partial charge in [0.05, 0.1) is 13.2 Å². The van der Waals surface area contributed by atoms with Crippen LogP contribution < -0.4 is 0 Å². The third-order valence-corrected chi connectivity index (χ3v) is 3.31. The molecule has 0 atom stereocenters. The van der Waals surface area contributed by atoms with Crippen molar-refractivity contribution >= 4 is 11.9 Å². The Morgan fingerprint density at radius 3 is 2.69 bits per heavy atom. The fraction of sp³-hybridized carbons (Fsp3) is 0.818. The highest BCUT2D eigenvalue weighted by Crippen LogP contribution is 2.33. The minimum atomic E-state index is -0.594. The highest BCUT2D eigenvalue weighted by molar-refractivity contribution is 5.89. The molecule has 2 saturated heterocycles. The van der Waals surface area contributed by atoms with E-state index in [-0.39, 0.29) is 11.9 Å². The molecule has 0 aliphatic carbocycles. The van der Waals surface area contributed by atoms with Gasteiger partial charge in [-0.3, -0.25) is 4.79 Å². The van der Waals surface area contributed by atoms with Gasteiger partial charge in [-0.15, -0.1) is 0 Å². The molecular weight excluding hydrogens is 210 g/mol. The Morgan fingerprint density at radius 1 is 1.50 bits per heavy atom. The van der Waals surface area contributed by atoms with Crippen LogP contribution in [0.3, 0.4) is 0 Å². The van der Waals surface area contributed by atoms with E-state index in [1.54, 1.807) is 11.8 Å². The van der Waals surface area contributed by atoms with Crippen molar-refractivity contribution in [3.8, 4) is 0 Å². The summed E-state index contributed by atoms with van der Waals surface area (Å²) < 4.78 is 10.5. The van der Waals surface area contributed by atoms with Crippen LogP contribution in [0.1, 0.15) is 26.2 Å². The van der Waals surface area contributed by atoms with Gasteiger partial charge in [0, 0.05) is 32.4 Å². The molecule has 2 aliphatic rings. The maximum atomic E-state index is 11.7. The molecule has 0 N–H and O–H groups in total. The van der Waals surface area contributed by atoms with Gasteiger partial charge < -0.3 is 14.4 Å². The molecule has 0 radical (unpaired) electrons. The average molecular weight is 227 g/mol. The Labute approximate surface area is 94.7 Å². The van der Waals surface area contributed by atoms with Crippen LogP contribution in [0.5, 0.6) is 0 Å². The topological polar surface area (TPSA) is 55.8 Å². The van der Waals surface area contributed by atoms with E-state index in [2.05, 4.69) is 0 Å². The molecule has 2 aliphatic heterocycles. The van der Waals surface area contributed by atoms with Crippen LogP contribution >= 0.6 is 0 Å². The monoisotopic (exact) mass is 227 g/mol. The van der Waals surface area contributed by atoms with E-state index in [0.29, 0.717) is 45.6 Å². The Balaban J connectivity index is 1.91. The number of rotatable bonds is 1. The maximum absolute atomic E-state index is 11.7. The van der Waals surface area contributed by atoms with Crippen molar-refractivity contribution in [2.75, 3.05) is 26.3 Å². The molecule has 2 heterocycles. The van der Waals surface area contributed by atoms with E-state index in [9.17, 15) is 9.59 Å². The van der Waals surface area contributed by atoms with Gasteiger partial charge in [-0.1, -0.05) is 0 Å². The highest BCUT2D eigenvalue weighted by atomic mass is 16.6. The normalized spacial score (nSPS) is 23.8. The number of Topliss-reactive ketones (excluding diaryl/α,β-unsaturated/α-hetero) is 1. The summed E-state index contributed by atoms with van der Waals surface area (Å²) in [5.41, 5.74) is -0.594. The van der Waals surface area contributed by atoms with Crippen LogP contribution in [0.25, 0.3) is 0 Å². The molecule has 0 aromatic carbocycles. The zero-order chi connectivity index (χ0) is 11.6. The number of likely N-dealkylation sites (tertiary alicyclic amines) is 1. The van der Waals surface area contributed by atoms with Crippen molar-refractivity contribution in [3.05, 3.63) is 0 Å². The summed E-state index contributed by atoms with van der Waals surface area (Å²) in [6.45, 7) is 3.79. The van der Waals surface area contributed by atoms with Gasteiger partial charge in [-0.05, 0) is 6.92 Å². The summed E-state index contributed by atoms with van der Waals surface area (Å²) >= 11 is 0. The van der Waals surface area contributed by atoms with E-state index in [4.69, 9.17) is 9.47 Å². The first-order valence-corrected chi connectivity index (χ1v) is 5.77. The lowest BCUT2D eigenvalue weighted by atomic mass is 9.88. The van der Waals surface area contributed by atoms with Crippen molar-refractivity contribution in [2.24, 2.45) is 0 Å². The van der Waals surface area contributed by atoms with E-state index in [1.807, 2.05) is 0 Å². The van der Waals surface area contributed by atoms with Crippen LogP contribution in [-0.2, 0) is 14.3 Å². The second-order valence-electron chi connectivity index (χ2n) is 4.20. The standard InChI is InChI=1S/C11H17NO4/c1-2-15-10(14)12-6-4-11(5-7-12)9(13)3-8-16-11/h2-8H2,1H3. The molecule has 0 bridgehead atoms. The molecule has 90 valence electrons. The Bertz CT molecular complexity index is 294.